The van der Waals surface area contributed by atoms with Gasteiger partial charge in [0.15, 0.2) is 5.82 Å². The van der Waals surface area contributed by atoms with Gasteiger partial charge in [0, 0.05) is 51.1 Å². The van der Waals surface area contributed by atoms with E-state index in [0.717, 1.165) is 12.1 Å². The Bertz CT molecular complexity index is 1110. The van der Waals surface area contributed by atoms with Crippen LogP contribution in [-0.4, -0.2) is 71.2 Å². The van der Waals surface area contributed by atoms with Crippen molar-refractivity contribution < 1.29 is 27.2 Å². The summed E-state index contributed by atoms with van der Waals surface area (Å²) in [7, 11) is 1.63. The van der Waals surface area contributed by atoms with Gasteiger partial charge in [-0.1, -0.05) is 11.6 Å². The second-order valence-electron chi connectivity index (χ2n) is 8.38. The van der Waals surface area contributed by atoms with E-state index in [-0.39, 0.29) is 30.6 Å². The number of amides is 3. The predicted octanol–water partition coefficient (Wildman–Crippen LogP) is 2.96. The van der Waals surface area contributed by atoms with Gasteiger partial charge < -0.3 is 20.4 Å². The largest absolute Gasteiger partial charge is 0.340 e. The zero-order valence-corrected chi connectivity index (χ0v) is 19.0. The molecule has 0 spiro atoms. The minimum Gasteiger partial charge on any atom is -0.340 e. The second-order valence-corrected chi connectivity index (χ2v) is 8.76. The molecule has 2 N–H and O–H groups in total. The molecule has 0 radical (unpaired) electrons. The average molecular weight is 503 g/mol. The maximum absolute atomic E-state index is 14.2. The van der Waals surface area contributed by atoms with Crippen molar-refractivity contribution >= 4 is 29.2 Å². The Morgan fingerprint density at radius 3 is 2.79 bits per heavy atom. The summed E-state index contributed by atoms with van der Waals surface area (Å²) in [6, 6.07) is 1.40. The summed E-state index contributed by atoms with van der Waals surface area (Å²) in [6.07, 6.45) is -2.09. The molecule has 1 aromatic heterocycles. The van der Waals surface area contributed by atoms with Gasteiger partial charge in [0.2, 0.25) is 0 Å². The highest BCUT2D eigenvalue weighted by atomic mass is 35.5. The first-order valence-electron chi connectivity index (χ1n) is 10.7. The van der Waals surface area contributed by atoms with Crippen LogP contribution in [0.2, 0.25) is 5.02 Å². The van der Waals surface area contributed by atoms with E-state index in [2.05, 4.69) is 15.7 Å². The fourth-order valence-electron chi connectivity index (χ4n) is 4.27. The van der Waals surface area contributed by atoms with Crippen molar-refractivity contribution in [2.24, 2.45) is 5.92 Å². The Kier molecular flexibility index (Phi) is 6.99. The fraction of sp³-hybridized carbons (Fsp3) is 0.476. The number of carbonyl (C=O) groups is 2. The summed E-state index contributed by atoms with van der Waals surface area (Å²) in [5.41, 5.74) is 1.36. The van der Waals surface area contributed by atoms with Gasteiger partial charge in [-0.25, -0.2) is 22.4 Å². The molecule has 0 aliphatic carbocycles. The first-order chi connectivity index (χ1) is 16.2. The molecule has 0 bridgehead atoms. The number of hydrogen-bond donors (Lipinski definition) is 2. The van der Waals surface area contributed by atoms with E-state index in [0.29, 0.717) is 43.0 Å². The molecule has 0 unspecified atom stereocenters. The quantitative estimate of drug-likeness (QED) is 0.486. The molecular formula is C21H23ClF4N6O2. The maximum Gasteiger partial charge on any atom is 0.322 e. The lowest BCUT2D eigenvalue weighted by Gasteiger charge is -2.27. The van der Waals surface area contributed by atoms with Gasteiger partial charge in [-0.15, -0.1) is 0 Å². The van der Waals surface area contributed by atoms with Gasteiger partial charge >= 0.3 is 6.03 Å². The molecule has 4 rings (SSSR count). The standard InChI is InChI=1S/C21H23ClF4N6O2/c1-30-8-11(6-27-7-16(24)25)9-32-19(20(30)33)12-10-31(5-4-14(12)29-32)21(34)28-15-3-2-13(23)17(22)18(15)26/h2-3,11,16,27H,4-10H2,1H3,(H,28,34)/t11-/m1/s1. The molecule has 3 heterocycles. The topological polar surface area (TPSA) is 82.5 Å². The number of alkyl halides is 2. The van der Waals surface area contributed by atoms with Gasteiger partial charge in [0.1, 0.15) is 16.5 Å². The zero-order chi connectivity index (χ0) is 24.6. The van der Waals surface area contributed by atoms with E-state index < -0.39 is 35.7 Å². The van der Waals surface area contributed by atoms with Crippen molar-refractivity contribution in [1.82, 2.24) is 24.9 Å². The predicted molar refractivity (Wildman–Crippen MR) is 116 cm³/mol. The summed E-state index contributed by atoms with van der Waals surface area (Å²) in [4.78, 5) is 28.8. The summed E-state index contributed by atoms with van der Waals surface area (Å²) in [6.45, 7) is 0.936. The molecular weight excluding hydrogens is 480 g/mol. The molecule has 13 heteroatoms. The number of nitrogens with zero attached hydrogens (tertiary/aromatic N) is 4. The number of benzene rings is 1. The number of fused-ring (bicyclic) bond motifs is 3. The van der Waals surface area contributed by atoms with E-state index in [9.17, 15) is 27.2 Å². The Balaban J connectivity index is 1.52. The van der Waals surface area contributed by atoms with E-state index in [1.54, 1.807) is 11.7 Å². The molecule has 0 fully saturated rings. The zero-order valence-electron chi connectivity index (χ0n) is 18.3. The smallest absolute Gasteiger partial charge is 0.322 e. The van der Waals surface area contributed by atoms with Crippen LogP contribution in [0.5, 0.6) is 0 Å². The minimum absolute atomic E-state index is 0.0704. The van der Waals surface area contributed by atoms with E-state index >= 15 is 0 Å². The Labute approximate surface area is 197 Å². The van der Waals surface area contributed by atoms with Crippen LogP contribution < -0.4 is 10.6 Å². The van der Waals surface area contributed by atoms with Gasteiger partial charge in [-0.2, -0.15) is 5.10 Å². The van der Waals surface area contributed by atoms with Crippen molar-refractivity contribution in [2.45, 2.75) is 25.9 Å². The van der Waals surface area contributed by atoms with Crippen molar-refractivity contribution in [3.05, 3.63) is 45.7 Å². The van der Waals surface area contributed by atoms with Crippen molar-refractivity contribution in [1.29, 1.82) is 0 Å². The van der Waals surface area contributed by atoms with E-state index in [4.69, 9.17) is 11.6 Å². The highest BCUT2D eigenvalue weighted by Gasteiger charge is 2.35. The monoisotopic (exact) mass is 502 g/mol. The van der Waals surface area contributed by atoms with Gasteiger partial charge in [0.25, 0.3) is 12.3 Å². The van der Waals surface area contributed by atoms with Crippen LogP contribution in [0.15, 0.2) is 12.1 Å². The molecule has 0 saturated heterocycles. The third kappa shape index (κ3) is 4.83. The highest BCUT2D eigenvalue weighted by molar-refractivity contribution is 6.31. The Morgan fingerprint density at radius 1 is 1.29 bits per heavy atom. The van der Waals surface area contributed by atoms with Crippen LogP contribution >= 0.6 is 11.6 Å². The molecule has 8 nitrogen and oxygen atoms in total. The maximum atomic E-state index is 14.2. The van der Waals surface area contributed by atoms with Crippen LogP contribution in [0, 0.1) is 17.6 Å². The lowest BCUT2D eigenvalue weighted by atomic mass is 10.0. The number of halogens is 5. The minimum atomic E-state index is -2.46. The third-order valence-corrected chi connectivity index (χ3v) is 6.26. The molecule has 34 heavy (non-hydrogen) atoms. The molecule has 1 aromatic carbocycles. The molecule has 0 saturated carbocycles. The van der Waals surface area contributed by atoms with Crippen LogP contribution in [0.4, 0.5) is 28.0 Å². The Hall–Kier alpha value is -2.86. The van der Waals surface area contributed by atoms with E-state index in [1.807, 2.05) is 0 Å². The number of hydrogen-bond acceptors (Lipinski definition) is 4. The summed E-state index contributed by atoms with van der Waals surface area (Å²) in [5.74, 6) is -2.41. The molecule has 3 amide bonds. The van der Waals surface area contributed by atoms with Crippen LogP contribution in [0.1, 0.15) is 21.7 Å². The van der Waals surface area contributed by atoms with Gasteiger partial charge in [-0.3, -0.25) is 9.48 Å². The number of rotatable bonds is 5. The molecule has 184 valence electrons. The summed E-state index contributed by atoms with van der Waals surface area (Å²) < 4.78 is 54.1. The second kappa shape index (κ2) is 9.79. The first kappa shape index (κ1) is 24.3. The third-order valence-electron chi connectivity index (χ3n) is 5.91. The number of carbonyl (C=O) groups excluding carboxylic acids is 2. The molecule has 2 aliphatic heterocycles. The lowest BCUT2D eigenvalue weighted by Crippen LogP contribution is -2.40. The average Bonchev–Trinajstić information content (AvgIpc) is 3.09. The van der Waals surface area contributed by atoms with Crippen molar-refractivity contribution in [2.75, 3.05) is 38.5 Å². The fourth-order valence-corrected chi connectivity index (χ4v) is 4.43. The first-order valence-corrected chi connectivity index (χ1v) is 11.1. The lowest BCUT2D eigenvalue weighted by molar-refractivity contribution is 0.0776. The van der Waals surface area contributed by atoms with E-state index in [1.165, 1.54) is 9.80 Å². The van der Waals surface area contributed by atoms with Crippen molar-refractivity contribution in [3.63, 3.8) is 0 Å². The van der Waals surface area contributed by atoms with Crippen LogP contribution in [-0.2, 0) is 19.5 Å². The number of nitrogens with one attached hydrogen (secondary N) is 2. The number of urea groups is 1. The number of anilines is 1. The molecule has 2 aromatic rings. The molecule has 1 atom stereocenters. The molecule has 2 aliphatic rings. The SMILES string of the molecule is CN1C[C@@H](CNCC(F)F)Cn2nc3c(c2C1=O)CN(C(=O)Nc1ccc(F)c(Cl)c1F)CC3. The van der Waals surface area contributed by atoms with Crippen LogP contribution in [0.3, 0.4) is 0 Å². The van der Waals surface area contributed by atoms with Crippen molar-refractivity contribution in [3.8, 4) is 0 Å². The van der Waals surface area contributed by atoms with Crippen LogP contribution in [0.25, 0.3) is 0 Å². The highest BCUT2D eigenvalue weighted by Crippen LogP contribution is 2.28. The van der Waals surface area contributed by atoms with Gasteiger partial charge in [-0.05, 0) is 12.1 Å². The summed E-state index contributed by atoms with van der Waals surface area (Å²) in [5, 5.41) is 8.95. The van der Waals surface area contributed by atoms with Gasteiger partial charge in [0.05, 0.1) is 24.5 Å². The normalized spacial score (nSPS) is 18.1. The number of aromatic nitrogens is 2. The summed E-state index contributed by atoms with van der Waals surface area (Å²) >= 11 is 5.58. The Morgan fingerprint density at radius 2 is 2.06 bits per heavy atom.